The highest BCUT2D eigenvalue weighted by atomic mass is 35.5. The van der Waals surface area contributed by atoms with Crippen LogP contribution in [0, 0.1) is 0 Å². The molecule has 3 aliphatic rings. The topological polar surface area (TPSA) is 76.9 Å². The first-order valence-corrected chi connectivity index (χ1v) is 11.9. The second kappa shape index (κ2) is 7.86. The van der Waals surface area contributed by atoms with E-state index in [0.29, 0.717) is 22.2 Å². The van der Waals surface area contributed by atoms with Crippen LogP contribution < -0.4 is 0 Å². The molecule has 3 unspecified atom stereocenters. The van der Waals surface area contributed by atoms with E-state index in [2.05, 4.69) is 9.97 Å². The number of methoxy groups -OCH3 is 1. The lowest BCUT2D eigenvalue weighted by Crippen LogP contribution is -2.49. The van der Waals surface area contributed by atoms with E-state index >= 15 is 0 Å². The van der Waals surface area contributed by atoms with Gasteiger partial charge in [-0.25, -0.2) is 9.97 Å². The normalized spacial score (nSPS) is 34.4. The van der Waals surface area contributed by atoms with Gasteiger partial charge in [-0.2, -0.15) is 0 Å². The second-order valence-electron chi connectivity index (χ2n) is 9.57. The van der Waals surface area contributed by atoms with Gasteiger partial charge in [0, 0.05) is 24.8 Å². The van der Waals surface area contributed by atoms with Gasteiger partial charge in [0.2, 0.25) is 0 Å². The largest absolute Gasteiger partial charge is 0.356 e. The van der Waals surface area contributed by atoms with Crippen LogP contribution in [-0.4, -0.2) is 51.5 Å². The second-order valence-corrected chi connectivity index (χ2v) is 10.4. The first kappa shape index (κ1) is 22.7. The fraction of sp³-hybridized carbons (Fsp3) is 0.500. The summed E-state index contributed by atoms with van der Waals surface area (Å²) in [4.78, 5) is 8.54. The van der Waals surface area contributed by atoms with Crippen molar-refractivity contribution in [3.63, 3.8) is 0 Å². The lowest BCUT2D eigenvalue weighted by atomic mass is 9.83. The molecule has 0 aliphatic carbocycles. The summed E-state index contributed by atoms with van der Waals surface area (Å²) in [6, 6.07) is 7.69. The fourth-order valence-electron chi connectivity index (χ4n) is 5.45. The molecule has 3 aliphatic heterocycles. The molecule has 0 amide bonds. The Balaban J connectivity index is 1.47. The van der Waals surface area contributed by atoms with Crippen LogP contribution in [0.3, 0.4) is 0 Å². The van der Waals surface area contributed by atoms with Crippen LogP contribution in [0.5, 0.6) is 0 Å². The Morgan fingerprint density at radius 2 is 1.91 bits per heavy atom. The van der Waals surface area contributed by atoms with E-state index in [1.165, 1.54) is 6.33 Å². The molecule has 3 aromatic rings. The number of hydrogen-bond acceptors (Lipinski definition) is 7. The van der Waals surface area contributed by atoms with E-state index in [1.54, 1.807) is 7.11 Å². The highest BCUT2D eigenvalue weighted by Gasteiger charge is 2.65. The molecule has 5 heterocycles. The Morgan fingerprint density at radius 1 is 1.09 bits per heavy atom. The first-order valence-electron chi connectivity index (χ1n) is 11.2. The third-order valence-electron chi connectivity index (χ3n) is 6.93. The Bertz CT molecular complexity index is 1270. The maximum Gasteiger partial charge on any atom is 0.165 e. The lowest BCUT2D eigenvalue weighted by Gasteiger charge is -2.42. The van der Waals surface area contributed by atoms with Crippen LogP contribution in [0.1, 0.15) is 44.2 Å². The molecule has 180 valence electrons. The van der Waals surface area contributed by atoms with Gasteiger partial charge in [0.25, 0.3) is 0 Å². The Labute approximate surface area is 207 Å². The molecule has 0 bridgehead atoms. The predicted octanol–water partition coefficient (Wildman–Crippen LogP) is 4.83. The minimum absolute atomic E-state index is 0.384. The van der Waals surface area contributed by atoms with Crippen LogP contribution >= 0.6 is 23.2 Å². The summed E-state index contributed by atoms with van der Waals surface area (Å²) >= 11 is 12.6. The Morgan fingerprint density at radius 3 is 2.71 bits per heavy atom. The molecule has 2 fully saturated rings. The number of halogens is 2. The lowest BCUT2D eigenvalue weighted by molar-refractivity contribution is -0.268. The molecule has 0 spiro atoms. The van der Waals surface area contributed by atoms with Crippen LogP contribution in [0.4, 0.5) is 0 Å². The van der Waals surface area contributed by atoms with Crippen molar-refractivity contribution in [3.05, 3.63) is 58.1 Å². The standard InChI is InChI=1S/C24H25Cl2N3O5/c1-23(2)32-17-19(33-23)24(3,18-14-6-5-13(25)9-12(14)10-16(30-4)31-18)34-22(17)29-8-7-15-20(26)27-11-28-21(15)29/h5-9,11,16-19,22H,10H2,1-4H3/t16?,17?,18-,19+,22-,24?/m1/s1. The third-order valence-corrected chi connectivity index (χ3v) is 7.47. The third kappa shape index (κ3) is 3.39. The number of aromatic nitrogens is 3. The quantitative estimate of drug-likeness (QED) is 0.471. The molecular formula is C24H25Cl2N3O5. The summed E-state index contributed by atoms with van der Waals surface area (Å²) in [7, 11) is 1.63. The average Bonchev–Trinajstić information content (AvgIpc) is 3.44. The molecule has 0 saturated carbocycles. The van der Waals surface area contributed by atoms with Crippen LogP contribution in [0.15, 0.2) is 36.8 Å². The zero-order valence-corrected chi connectivity index (χ0v) is 20.7. The van der Waals surface area contributed by atoms with Crippen molar-refractivity contribution in [1.29, 1.82) is 0 Å². The first-order chi connectivity index (χ1) is 16.2. The zero-order valence-electron chi connectivity index (χ0n) is 19.2. The van der Waals surface area contributed by atoms with E-state index in [-0.39, 0.29) is 0 Å². The molecule has 34 heavy (non-hydrogen) atoms. The van der Waals surface area contributed by atoms with E-state index in [1.807, 2.05) is 55.8 Å². The van der Waals surface area contributed by atoms with Crippen molar-refractivity contribution in [3.8, 4) is 0 Å². The molecular weight excluding hydrogens is 481 g/mol. The molecule has 1 aromatic carbocycles. The number of rotatable bonds is 3. The maximum atomic E-state index is 6.82. The van der Waals surface area contributed by atoms with Gasteiger partial charge < -0.3 is 28.3 Å². The van der Waals surface area contributed by atoms with E-state index in [0.717, 1.165) is 16.5 Å². The summed E-state index contributed by atoms with van der Waals surface area (Å²) < 4.78 is 33.6. The number of fused-ring (bicyclic) bond motifs is 3. The Hall–Kier alpha value is -1.78. The number of benzene rings is 1. The highest BCUT2D eigenvalue weighted by Crippen LogP contribution is 2.55. The van der Waals surface area contributed by atoms with Crippen molar-refractivity contribution >= 4 is 34.2 Å². The minimum Gasteiger partial charge on any atom is -0.356 e. The van der Waals surface area contributed by atoms with Gasteiger partial charge in [0.15, 0.2) is 18.3 Å². The van der Waals surface area contributed by atoms with Crippen LogP contribution in [0.25, 0.3) is 11.0 Å². The van der Waals surface area contributed by atoms with E-state index in [4.69, 9.17) is 46.9 Å². The SMILES string of the molecule is COC1Cc2cc(Cl)ccc2[C@H](C2(C)O[C@@H](n3ccc4c(Cl)ncnc43)C3OC(C)(C)O[C@@H]32)O1. The van der Waals surface area contributed by atoms with E-state index < -0.39 is 42.2 Å². The molecule has 2 saturated heterocycles. The van der Waals surface area contributed by atoms with E-state index in [9.17, 15) is 0 Å². The van der Waals surface area contributed by atoms with Crippen LogP contribution in [-0.2, 0) is 30.1 Å². The van der Waals surface area contributed by atoms with Crippen molar-refractivity contribution in [2.45, 2.75) is 69.4 Å². The Kier molecular flexibility index (Phi) is 5.24. The molecule has 10 heteroatoms. The summed E-state index contributed by atoms with van der Waals surface area (Å²) in [5.74, 6) is -0.799. The summed E-state index contributed by atoms with van der Waals surface area (Å²) in [5, 5.41) is 1.79. The smallest absolute Gasteiger partial charge is 0.165 e. The van der Waals surface area contributed by atoms with Crippen molar-refractivity contribution in [2.24, 2.45) is 0 Å². The molecule has 0 N–H and O–H groups in total. The minimum atomic E-state index is -0.906. The molecule has 8 nitrogen and oxygen atoms in total. The molecule has 2 aromatic heterocycles. The number of ether oxygens (including phenoxy) is 5. The molecule has 6 rings (SSSR count). The van der Waals surface area contributed by atoms with Crippen molar-refractivity contribution < 1.29 is 23.7 Å². The van der Waals surface area contributed by atoms with Gasteiger partial charge in [0.05, 0.1) is 5.39 Å². The fourth-order valence-corrected chi connectivity index (χ4v) is 5.84. The molecule has 6 atom stereocenters. The number of hydrogen-bond donors (Lipinski definition) is 0. The van der Waals surface area contributed by atoms with Gasteiger partial charge in [-0.3, -0.25) is 0 Å². The predicted molar refractivity (Wildman–Crippen MR) is 125 cm³/mol. The molecule has 0 radical (unpaired) electrons. The van der Waals surface area contributed by atoms with Gasteiger partial charge in [-0.15, -0.1) is 0 Å². The maximum absolute atomic E-state index is 6.82. The summed E-state index contributed by atoms with van der Waals surface area (Å²) in [6.45, 7) is 5.82. The van der Waals surface area contributed by atoms with Gasteiger partial charge in [0.1, 0.15) is 41.0 Å². The van der Waals surface area contributed by atoms with Crippen molar-refractivity contribution in [1.82, 2.24) is 14.5 Å². The van der Waals surface area contributed by atoms with Crippen molar-refractivity contribution in [2.75, 3.05) is 7.11 Å². The van der Waals surface area contributed by atoms with Gasteiger partial charge >= 0.3 is 0 Å². The zero-order chi connectivity index (χ0) is 23.8. The number of nitrogens with zero attached hydrogens (tertiary/aromatic N) is 3. The van der Waals surface area contributed by atoms with Gasteiger partial charge in [-0.1, -0.05) is 29.3 Å². The summed E-state index contributed by atoms with van der Waals surface area (Å²) in [6.07, 6.45) is 1.64. The van der Waals surface area contributed by atoms with Gasteiger partial charge in [-0.05, 0) is 50.1 Å². The average molecular weight is 506 g/mol. The highest BCUT2D eigenvalue weighted by molar-refractivity contribution is 6.33. The monoisotopic (exact) mass is 505 g/mol. The van der Waals surface area contributed by atoms with Crippen LogP contribution in [0.2, 0.25) is 10.2 Å². The summed E-state index contributed by atoms with van der Waals surface area (Å²) in [5.41, 5.74) is 1.81.